The van der Waals surface area contributed by atoms with Gasteiger partial charge in [0.25, 0.3) is 24.2 Å². The second-order valence-electron chi connectivity index (χ2n) is 8.42. The summed E-state index contributed by atoms with van der Waals surface area (Å²) in [7, 11) is 0. The summed E-state index contributed by atoms with van der Waals surface area (Å²) in [4.78, 5) is 30.8. The number of nitrogens with zero attached hydrogens (tertiary/aromatic N) is 2. The van der Waals surface area contributed by atoms with Crippen LogP contribution in [0.15, 0.2) is 60.8 Å². The summed E-state index contributed by atoms with van der Waals surface area (Å²) >= 11 is 5.98. The van der Waals surface area contributed by atoms with Gasteiger partial charge in [-0.3, -0.25) is 9.59 Å². The molecule has 36 heavy (non-hydrogen) atoms. The molecular weight excluding hydrogens is 502 g/mol. The van der Waals surface area contributed by atoms with E-state index >= 15 is 0 Å². The maximum atomic E-state index is 14.8. The molecule has 2 N–H and O–H groups in total. The SMILES string of the molecule is C[C@@]1(O)c2cc(Cl)ccc2N(C(=O)c2ccc(NC(=O)c3ccccc3C(F)F)nc2)CCC1(F)F. The summed E-state index contributed by atoms with van der Waals surface area (Å²) in [6.07, 6.45) is -2.52. The lowest BCUT2D eigenvalue weighted by Gasteiger charge is -2.32. The van der Waals surface area contributed by atoms with Crippen LogP contribution >= 0.6 is 11.6 Å². The third kappa shape index (κ3) is 4.66. The molecule has 6 nitrogen and oxygen atoms in total. The van der Waals surface area contributed by atoms with E-state index < -0.39 is 41.7 Å². The summed E-state index contributed by atoms with van der Waals surface area (Å²) in [6, 6.07) is 11.9. The Labute approximate surface area is 208 Å². The number of amides is 2. The first kappa shape index (κ1) is 25.6. The molecule has 0 radical (unpaired) electrons. The Morgan fingerprint density at radius 3 is 2.53 bits per heavy atom. The van der Waals surface area contributed by atoms with E-state index in [1.165, 1.54) is 48.5 Å². The Kier molecular flexibility index (Phi) is 6.76. The van der Waals surface area contributed by atoms with Crippen LogP contribution in [0.1, 0.15) is 51.6 Å². The fourth-order valence-corrected chi connectivity index (χ4v) is 4.16. The minimum atomic E-state index is -3.54. The van der Waals surface area contributed by atoms with Gasteiger partial charge >= 0.3 is 0 Å². The van der Waals surface area contributed by atoms with Crippen molar-refractivity contribution in [2.24, 2.45) is 0 Å². The van der Waals surface area contributed by atoms with Crippen LogP contribution in [0.3, 0.4) is 0 Å². The van der Waals surface area contributed by atoms with Gasteiger partial charge in [0.2, 0.25) is 0 Å². The zero-order chi connectivity index (χ0) is 26.3. The molecule has 0 spiro atoms. The van der Waals surface area contributed by atoms with Gasteiger partial charge in [-0.05, 0) is 43.3 Å². The molecule has 2 amide bonds. The lowest BCUT2D eigenvalue weighted by atomic mass is 9.87. The molecule has 2 aromatic carbocycles. The first-order valence-corrected chi connectivity index (χ1v) is 11.2. The molecule has 1 aliphatic heterocycles. The molecule has 11 heteroatoms. The summed E-state index contributed by atoms with van der Waals surface area (Å²) < 4.78 is 55.9. The quantitative estimate of drug-likeness (QED) is 0.424. The molecule has 0 aliphatic carbocycles. The molecule has 4 rings (SSSR count). The number of aliphatic hydroxyl groups is 1. The molecule has 1 atom stereocenters. The van der Waals surface area contributed by atoms with Crippen molar-refractivity contribution in [1.29, 1.82) is 0 Å². The lowest BCUT2D eigenvalue weighted by Crippen LogP contribution is -2.42. The molecule has 0 bridgehead atoms. The number of rotatable bonds is 4. The maximum absolute atomic E-state index is 14.8. The van der Waals surface area contributed by atoms with Gasteiger partial charge < -0.3 is 15.3 Å². The van der Waals surface area contributed by atoms with E-state index in [1.807, 2.05) is 0 Å². The number of benzene rings is 2. The molecular formula is C25H20ClF4N3O3. The molecule has 0 fully saturated rings. The van der Waals surface area contributed by atoms with Crippen LogP contribution in [-0.4, -0.2) is 34.4 Å². The Morgan fingerprint density at radius 1 is 1.14 bits per heavy atom. The van der Waals surface area contributed by atoms with Crippen LogP contribution < -0.4 is 10.2 Å². The van der Waals surface area contributed by atoms with Crippen LogP contribution in [0.4, 0.5) is 29.1 Å². The van der Waals surface area contributed by atoms with E-state index in [9.17, 15) is 32.3 Å². The molecule has 2 heterocycles. The number of pyridine rings is 1. The van der Waals surface area contributed by atoms with Crippen LogP contribution in [0.2, 0.25) is 5.02 Å². The highest BCUT2D eigenvalue weighted by Crippen LogP contribution is 2.47. The number of hydrogen-bond donors (Lipinski definition) is 2. The molecule has 1 aliphatic rings. The predicted molar refractivity (Wildman–Crippen MR) is 126 cm³/mol. The number of halogens is 5. The highest BCUT2D eigenvalue weighted by Gasteiger charge is 2.53. The van der Waals surface area contributed by atoms with Gasteiger partial charge in [-0.15, -0.1) is 0 Å². The summed E-state index contributed by atoms with van der Waals surface area (Å²) in [5.74, 6) is -5.01. The summed E-state index contributed by atoms with van der Waals surface area (Å²) in [5, 5.41) is 13.2. The average Bonchev–Trinajstić information content (AvgIpc) is 2.91. The number of alkyl halides is 4. The van der Waals surface area contributed by atoms with Crippen molar-refractivity contribution in [2.45, 2.75) is 31.3 Å². The van der Waals surface area contributed by atoms with Crippen LogP contribution in [0.5, 0.6) is 0 Å². The fourth-order valence-electron chi connectivity index (χ4n) is 3.99. The van der Waals surface area contributed by atoms with E-state index in [0.717, 1.165) is 24.1 Å². The van der Waals surface area contributed by atoms with E-state index in [4.69, 9.17) is 11.6 Å². The highest BCUT2D eigenvalue weighted by atomic mass is 35.5. The first-order valence-electron chi connectivity index (χ1n) is 10.8. The summed E-state index contributed by atoms with van der Waals surface area (Å²) in [6.45, 7) is 0.584. The molecule has 188 valence electrons. The van der Waals surface area contributed by atoms with Gasteiger partial charge in [-0.1, -0.05) is 29.8 Å². The minimum Gasteiger partial charge on any atom is -0.379 e. The van der Waals surface area contributed by atoms with Crippen LogP contribution in [-0.2, 0) is 5.60 Å². The topological polar surface area (TPSA) is 82.5 Å². The van der Waals surface area contributed by atoms with Gasteiger partial charge in [0.15, 0.2) is 5.60 Å². The number of aromatic nitrogens is 1. The van der Waals surface area contributed by atoms with Gasteiger partial charge in [0.1, 0.15) is 5.82 Å². The van der Waals surface area contributed by atoms with Gasteiger partial charge in [0, 0.05) is 40.9 Å². The lowest BCUT2D eigenvalue weighted by molar-refractivity contribution is -0.177. The standard InChI is InChI=1S/C25H20ClF4N3O3/c1-24(36)18-12-15(26)7-8-19(18)33(11-10-25(24,29)30)23(35)14-6-9-20(31-13-14)32-22(34)17-5-3-2-4-16(17)21(27)28/h2-9,12-13,21,36H,10-11H2,1H3,(H,31,32,34)/t24-/m1/s1. The third-order valence-corrected chi connectivity index (χ3v) is 6.31. The third-order valence-electron chi connectivity index (χ3n) is 6.07. The zero-order valence-corrected chi connectivity index (χ0v) is 19.6. The van der Waals surface area contributed by atoms with E-state index in [0.29, 0.717) is 0 Å². The van der Waals surface area contributed by atoms with Crippen molar-refractivity contribution in [3.05, 3.63) is 88.1 Å². The summed E-state index contributed by atoms with van der Waals surface area (Å²) in [5.41, 5.74) is -3.32. The van der Waals surface area contributed by atoms with Crippen molar-refractivity contribution in [2.75, 3.05) is 16.8 Å². The Balaban J connectivity index is 1.59. The monoisotopic (exact) mass is 521 g/mol. The Hall–Kier alpha value is -3.50. The first-order chi connectivity index (χ1) is 16.9. The number of nitrogens with one attached hydrogen (secondary N) is 1. The molecule has 3 aromatic rings. The second-order valence-corrected chi connectivity index (χ2v) is 8.86. The molecule has 0 saturated heterocycles. The van der Waals surface area contributed by atoms with E-state index in [2.05, 4.69) is 10.3 Å². The normalized spacial score (nSPS) is 18.9. The second kappa shape index (κ2) is 9.51. The Bertz CT molecular complexity index is 1320. The minimum absolute atomic E-state index is 0.00173. The predicted octanol–water partition coefficient (Wildman–Crippen LogP) is 5.82. The molecule has 1 aromatic heterocycles. The molecule has 0 saturated carbocycles. The number of hydrogen-bond acceptors (Lipinski definition) is 4. The van der Waals surface area contributed by atoms with Crippen molar-refractivity contribution < 1.29 is 32.3 Å². The zero-order valence-electron chi connectivity index (χ0n) is 18.8. The maximum Gasteiger partial charge on any atom is 0.281 e. The smallest absolute Gasteiger partial charge is 0.281 e. The number of carbonyl (C=O) groups excluding carboxylic acids is 2. The van der Waals surface area contributed by atoms with Crippen LogP contribution in [0.25, 0.3) is 0 Å². The van der Waals surface area contributed by atoms with Gasteiger partial charge in [-0.2, -0.15) is 0 Å². The Morgan fingerprint density at radius 2 is 1.86 bits per heavy atom. The van der Waals surface area contributed by atoms with E-state index in [-0.39, 0.29) is 39.8 Å². The van der Waals surface area contributed by atoms with Gasteiger partial charge in [0.05, 0.1) is 11.3 Å². The fraction of sp³-hybridized carbons (Fsp3) is 0.240. The largest absolute Gasteiger partial charge is 0.379 e. The van der Waals surface area contributed by atoms with Gasteiger partial charge in [-0.25, -0.2) is 22.5 Å². The van der Waals surface area contributed by atoms with Crippen molar-refractivity contribution in [3.8, 4) is 0 Å². The number of carbonyl (C=O) groups is 2. The molecule has 0 unspecified atom stereocenters. The van der Waals surface area contributed by atoms with Crippen molar-refractivity contribution >= 4 is 34.9 Å². The number of fused-ring (bicyclic) bond motifs is 1. The van der Waals surface area contributed by atoms with Crippen molar-refractivity contribution in [1.82, 2.24) is 4.98 Å². The number of anilines is 2. The highest BCUT2D eigenvalue weighted by molar-refractivity contribution is 6.30. The van der Waals surface area contributed by atoms with E-state index in [1.54, 1.807) is 0 Å². The average molecular weight is 522 g/mol. The van der Waals surface area contributed by atoms with Crippen LogP contribution in [0, 0.1) is 0 Å². The van der Waals surface area contributed by atoms with Crippen molar-refractivity contribution in [3.63, 3.8) is 0 Å².